The van der Waals surface area contributed by atoms with Crippen LogP contribution in [0.1, 0.15) is 60.8 Å². The van der Waals surface area contributed by atoms with Crippen LogP contribution < -0.4 is 4.74 Å². The molecule has 6 nitrogen and oxygen atoms in total. The molecule has 2 aromatic carbocycles. The van der Waals surface area contributed by atoms with Gasteiger partial charge in [-0.2, -0.15) is 8.78 Å². The minimum atomic E-state index is -2.96. The zero-order chi connectivity index (χ0) is 27.6. The van der Waals surface area contributed by atoms with Crippen LogP contribution in [0.25, 0.3) is 21.5 Å². The van der Waals surface area contributed by atoms with Crippen LogP contribution >= 0.6 is 27.3 Å². The van der Waals surface area contributed by atoms with E-state index in [9.17, 15) is 18.3 Å². The molecule has 7 rings (SSSR count). The van der Waals surface area contributed by atoms with Gasteiger partial charge in [0.25, 0.3) is 0 Å². The lowest BCUT2D eigenvalue weighted by molar-refractivity contribution is -0.116. The molecule has 4 atom stereocenters. The van der Waals surface area contributed by atoms with Crippen LogP contribution in [0.5, 0.6) is 5.75 Å². The van der Waals surface area contributed by atoms with E-state index in [0.717, 1.165) is 37.0 Å². The number of rotatable bonds is 8. The summed E-state index contributed by atoms with van der Waals surface area (Å²) in [5.41, 5.74) is 0.822. The first-order valence-electron chi connectivity index (χ1n) is 13.4. The summed E-state index contributed by atoms with van der Waals surface area (Å²) in [7, 11) is 0. The predicted molar refractivity (Wildman–Crippen MR) is 146 cm³/mol. The minimum Gasteiger partial charge on any atom is -0.434 e. The summed E-state index contributed by atoms with van der Waals surface area (Å²) >= 11 is 4.69. The van der Waals surface area contributed by atoms with Gasteiger partial charge in [0.1, 0.15) is 33.3 Å². The summed E-state index contributed by atoms with van der Waals surface area (Å²) < 4.78 is 59.0. The van der Waals surface area contributed by atoms with Gasteiger partial charge in [-0.3, -0.25) is 0 Å². The van der Waals surface area contributed by atoms with E-state index in [-0.39, 0.29) is 41.7 Å². The first-order chi connectivity index (χ1) is 19.3. The standard InChI is InChI=1S/C29H26BrF3N2O4S/c30-17-11-21(31)25-23(12-17)40-27(34-25)29(36)15-7-8-16(29)10-18(9-15)37-13-20-24(35-39-26(20)14-5-6-14)19-3-1-2-4-22(19)38-28(32)33/h1-4,11-12,14-16,18,28,36H,5-10,13H2/t15-,16+,18+,29+. The topological polar surface area (TPSA) is 77.6 Å². The molecular formula is C29H26BrF3N2O4S. The lowest BCUT2D eigenvalue weighted by Crippen LogP contribution is -2.44. The Labute approximate surface area is 240 Å². The molecule has 0 saturated heterocycles. The SMILES string of the molecule is O[C@@]1(c2nc3c(F)cc(Br)cc3s2)[C@@H]2CC[C@H]1C[C@@H](OCc1c(-c3ccccc3OC(F)F)noc1C1CC1)C2. The van der Waals surface area contributed by atoms with E-state index < -0.39 is 18.0 Å². The number of aliphatic hydroxyl groups is 1. The van der Waals surface area contributed by atoms with Crippen LogP contribution in [0.2, 0.25) is 0 Å². The van der Waals surface area contributed by atoms with E-state index in [1.54, 1.807) is 18.2 Å². The van der Waals surface area contributed by atoms with E-state index >= 15 is 0 Å². The van der Waals surface area contributed by atoms with Gasteiger partial charge in [-0.15, -0.1) is 11.3 Å². The van der Waals surface area contributed by atoms with Crippen LogP contribution in [0.15, 0.2) is 45.4 Å². The fourth-order valence-corrected chi connectivity index (χ4v) is 8.37. The molecule has 0 unspecified atom stereocenters. The third-order valence-corrected chi connectivity index (χ3v) is 10.1. The van der Waals surface area contributed by atoms with Crippen LogP contribution in [-0.4, -0.2) is 28.0 Å². The Bertz CT molecular complexity index is 1560. The van der Waals surface area contributed by atoms with E-state index in [2.05, 4.69) is 26.1 Å². The van der Waals surface area contributed by atoms with Crippen molar-refractivity contribution in [2.24, 2.45) is 11.8 Å². The first-order valence-corrected chi connectivity index (χ1v) is 15.0. The second kappa shape index (κ2) is 10.1. The van der Waals surface area contributed by atoms with Crippen molar-refractivity contribution in [2.45, 2.75) is 69.4 Å². The summed E-state index contributed by atoms with van der Waals surface area (Å²) in [6.45, 7) is -2.74. The number of benzene rings is 2. The average molecular weight is 636 g/mol. The van der Waals surface area contributed by atoms with E-state index in [1.165, 1.54) is 23.5 Å². The van der Waals surface area contributed by atoms with Gasteiger partial charge in [-0.25, -0.2) is 9.37 Å². The maximum absolute atomic E-state index is 14.6. The molecule has 3 aliphatic carbocycles. The zero-order valence-corrected chi connectivity index (χ0v) is 23.7. The highest BCUT2D eigenvalue weighted by atomic mass is 79.9. The average Bonchev–Trinajstić information content (AvgIpc) is 3.49. The van der Waals surface area contributed by atoms with E-state index in [1.807, 2.05) is 6.07 Å². The molecule has 210 valence electrons. The summed E-state index contributed by atoms with van der Waals surface area (Å²) in [6.07, 6.45) is 4.81. The molecule has 0 aliphatic heterocycles. The molecule has 3 fully saturated rings. The quantitative estimate of drug-likeness (QED) is 0.212. The van der Waals surface area contributed by atoms with Crippen molar-refractivity contribution in [2.75, 3.05) is 0 Å². The third-order valence-electron chi connectivity index (χ3n) is 8.55. The van der Waals surface area contributed by atoms with E-state index in [4.69, 9.17) is 14.0 Å². The maximum atomic E-state index is 14.6. The van der Waals surface area contributed by atoms with E-state index in [0.29, 0.717) is 38.3 Å². The molecule has 3 aliphatic rings. The number of nitrogens with zero attached hydrogens (tertiary/aromatic N) is 2. The van der Waals surface area contributed by atoms with Crippen molar-refractivity contribution >= 4 is 37.5 Å². The number of alkyl halides is 2. The number of aromatic nitrogens is 2. The number of hydrogen-bond donors (Lipinski definition) is 1. The van der Waals surface area contributed by atoms with Gasteiger partial charge < -0.3 is 19.1 Å². The Morgan fingerprint density at radius 2 is 1.88 bits per heavy atom. The fourth-order valence-electron chi connectivity index (χ4n) is 6.52. The van der Waals surface area contributed by atoms with Gasteiger partial charge in [-0.1, -0.05) is 33.2 Å². The largest absolute Gasteiger partial charge is 0.434 e. The molecule has 11 heteroatoms. The molecule has 0 spiro atoms. The van der Waals surface area contributed by atoms with Gasteiger partial charge in [0.2, 0.25) is 0 Å². The van der Waals surface area contributed by atoms with Crippen molar-refractivity contribution in [3.8, 4) is 17.0 Å². The lowest BCUT2D eigenvalue weighted by atomic mass is 9.73. The molecule has 2 aromatic heterocycles. The number of para-hydroxylation sites is 1. The highest BCUT2D eigenvalue weighted by Gasteiger charge is 2.56. The second-order valence-electron chi connectivity index (χ2n) is 11.0. The molecular weight excluding hydrogens is 609 g/mol. The first kappa shape index (κ1) is 26.4. The molecule has 2 bridgehead atoms. The summed E-state index contributed by atoms with van der Waals surface area (Å²) in [5.74, 6) is 0.488. The molecule has 3 saturated carbocycles. The Kier molecular flexibility index (Phi) is 6.68. The highest BCUT2D eigenvalue weighted by Crippen LogP contribution is 2.57. The predicted octanol–water partition coefficient (Wildman–Crippen LogP) is 7.92. The lowest BCUT2D eigenvalue weighted by Gasteiger charge is -2.41. The number of hydrogen-bond acceptors (Lipinski definition) is 7. The van der Waals surface area contributed by atoms with Crippen LogP contribution in [0, 0.1) is 17.7 Å². The minimum absolute atomic E-state index is 0.0365. The number of thiazole rings is 1. The number of halogens is 4. The van der Waals surface area contributed by atoms with Crippen molar-refractivity contribution < 1.29 is 32.3 Å². The summed E-state index contributed by atoms with van der Waals surface area (Å²) in [6, 6.07) is 9.78. The van der Waals surface area contributed by atoms with Crippen molar-refractivity contribution in [1.82, 2.24) is 10.1 Å². The molecule has 2 heterocycles. The third kappa shape index (κ3) is 4.55. The fraction of sp³-hybridized carbons (Fsp3) is 0.448. The summed E-state index contributed by atoms with van der Waals surface area (Å²) in [5, 5.41) is 16.8. The maximum Gasteiger partial charge on any atom is 0.387 e. The van der Waals surface area contributed by atoms with Gasteiger partial charge in [0.05, 0.1) is 17.4 Å². The molecule has 40 heavy (non-hydrogen) atoms. The van der Waals surface area contributed by atoms with Gasteiger partial charge >= 0.3 is 6.61 Å². The van der Waals surface area contributed by atoms with Crippen molar-refractivity contribution in [3.05, 3.63) is 63.0 Å². The monoisotopic (exact) mass is 634 g/mol. The van der Waals surface area contributed by atoms with Crippen LogP contribution in [0.3, 0.4) is 0 Å². The Balaban J connectivity index is 1.13. The Morgan fingerprint density at radius 3 is 2.60 bits per heavy atom. The van der Waals surface area contributed by atoms with Crippen molar-refractivity contribution in [1.29, 1.82) is 0 Å². The molecule has 0 radical (unpaired) electrons. The van der Waals surface area contributed by atoms with Crippen molar-refractivity contribution in [3.63, 3.8) is 0 Å². The molecule has 4 aromatic rings. The van der Waals surface area contributed by atoms with Gasteiger partial charge in [-0.05, 0) is 74.6 Å². The molecule has 1 N–H and O–H groups in total. The number of ether oxygens (including phenoxy) is 2. The number of fused-ring (bicyclic) bond motifs is 3. The zero-order valence-electron chi connectivity index (χ0n) is 21.3. The Morgan fingerprint density at radius 1 is 1.12 bits per heavy atom. The van der Waals surface area contributed by atoms with Gasteiger partial charge in [0, 0.05) is 21.5 Å². The smallest absolute Gasteiger partial charge is 0.387 e. The van der Waals surface area contributed by atoms with Crippen LogP contribution in [-0.2, 0) is 16.9 Å². The molecule has 0 amide bonds. The summed E-state index contributed by atoms with van der Waals surface area (Å²) in [4.78, 5) is 4.56. The van der Waals surface area contributed by atoms with Crippen LogP contribution in [0.4, 0.5) is 13.2 Å². The Hall–Kier alpha value is -2.47. The van der Waals surface area contributed by atoms with Gasteiger partial charge in [0.15, 0.2) is 5.82 Å². The second-order valence-corrected chi connectivity index (χ2v) is 12.9. The normalized spacial score (nSPS) is 26.2. The highest BCUT2D eigenvalue weighted by molar-refractivity contribution is 9.10.